The number of anilines is 1. The lowest BCUT2D eigenvalue weighted by molar-refractivity contribution is -0.0869. The standard InChI is InChI=1S/C20H33N3O4/c1-14(2)17(24)18(23-12-10-21-11-13-23)26-16-8-6-15(7-9-16)22-19(25)27-20(3,4)5/h6-9,14,17-18,21,24H,10-13H2,1-5H3,(H,22,25). The number of benzene rings is 1. The molecule has 7 heteroatoms. The van der Waals surface area contributed by atoms with Crippen LogP contribution in [0.5, 0.6) is 5.75 Å². The average molecular weight is 380 g/mol. The molecule has 1 saturated heterocycles. The number of piperazine rings is 1. The fourth-order valence-electron chi connectivity index (χ4n) is 2.80. The maximum Gasteiger partial charge on any atom is 0.412 e. The van der Waals surface area contributed by atoms with Gasteiger partial charge in [0.25, 0.3) is 0 Å². The number of hydrogen-bond acceptors (Lipinski definition) is 6. The van der Waals surface area contributed by atoms with Crippen LogP contribution in [-0.4, -0.2) is 60.2 Å². The van der Waals surface area contributed by atoms with Gasteiger partial charge in [-0.25, -0.2) is 4.79 Å². The molecule has 0 aliphatic carbocycles. The molecule has 1 aromatic carbocycles. The third-order valence-corrected chi connectivity index (χ3v) is 4.24. The minimum atomic E-state index is -0.595. The highest BCUT2D eigenvalue weighted by atomic mass is 16.6. The molecule has 3 N–H and O–H groups in total. The van der Waals surface area contributed by atoms with Crippen molar-refractivity contribution in [3.63, 3.8) is 0 Å². The van der Waals surface area contributed by atoms with Crippen molar-refractivity contribution in [1.82, 2.24) is 10.2 Å². The zero-order chi connectivity index (χ0) is 20.0. The van der Waals surface area contributed by atoms with Crippen molar-refractivity contribution in [2.45, 2.75) is 52.6 Å². The van der Waals surface area contributed by atoms with Crippen LogP contribution in [0.15, 0.2) is 24.3 Å². The number of carbonyl (C=O) groups is 1. The molecule has 1 aliphatic heterocycles. The summed E-state index contributed by atoms with van der Waals surface area (Å²) in [7, 11) is 0. The van der Waals surface area contributed by atoms with E-state index in [1.54, 1.807) is 24.3 Å². The van der Waals surface area contributed by atoms with Gasteiger partial charge < -0.3 is 19.9 Å². The van der Waals surface area contributed by atoms with Crippen LogP contribution in [0, 0.1) is 5.92 Å². The van der Waals surface area contributed by atoms with E-state index in [-0.39, 0.29) is 5.92 Å². The predicted octanol–water partition coefficient (Wildman–Crippen LogP) is 2.66. The van der Waals surface area contributed by atoms with Crippen molar-refractivity contribution < 1.29 is 19.4 Å². The summed E-state index contributed by atoms with van der Waals surface area (Å²) in [4.78, 5) is 14.0. The molecule has 2 unspecified atom stereocenters. The molecule has 0 saturated carbocycles. The average Bonchev–Trinajstić information content (AvgIpc) is 2.59. The van der Waals surface area contributed by atoms with Gasteiger partial charge in [-0.3, -0.25) is 10.2 Å². The largest absolute Gasteiger partial charge is 0.472 e. The van der Waals surface area contributed by atoms with Crippen LogP contribution in [-0.2, 0) is 4.74 Å². The lowest BCUT2D eigenvalue weighted by Crippen LogP contribution is -2.55. The van der Waals surface area contributed by atoms with Gasteiger partial charge in [0, 0.05) is 31.9 Å². The second-order valence-electron chi connectivity index (χ2n) is 8.18. The van der Waals surface area contributed by atoms with Crippen LogP contribution in [0.3, 0.4) is 0 Å². The Labute approximate surface area is 162 Å². The molecule has 152 valence electrons. The van der Waals surface area contributed by atoms with Gasteiger partial charge in [0.15, 0.2) is 6.23 Å². The number of nitrogens with zero attached hydrogens (tertiary/aromatic N) is 1. The van der Waals surface area contributed by atoms with E-state index in [0.29, 0.717) is 11.4 Å². The van der Waals surface area contributed by atoms with Gasteiger partial charge in [-0.2, -0.15) is 0 Å². The number of aliphatic hydroxyl groups is 1. The van der Waals surface area contributed by atoms with E-state index >= 15 is 0 Å². The zero-order valence-electron chi connectivity index (χ0n) is 17.0. The predicted molar refractivity (Wildman–Crippen MR) is 106 cm³/mol. The van der Waals surface area contributed by atoms with Crippen LogP contribution < -0.4 is 15.4 Å². The van der Waals surface area contributed by atoms with Gasteiger partial charge in [-0.1, -0.05) is 13.8 Å². The van der Waals surface area contributed by atoms with Crippen LogP contribution in [0.4, 0.5) is 10.5 Å². The highest BCUT2D eigenvalue weighted by Crippen LogP contribution is 2.22. The molecule has 1 aliphatic rings. The minimum absolute atomic E-state index is 0.0815. The summed E-state index contributed by atoms with van der Waals surface area (Å²) in [5, 5.41) is 16.6. The van der Waals surface area contributed by atoms with Gasteiger partial charge in [0.05, 0.1) is 0 Å². The Morgan fingerprint density at radius 1 is 1.19 bits per heavy atom. The van der Waals surface area contributed by atoms with E-state index in [1.165, 1.54) is 0 Å². The molecule has 1 aromatic rings. The maximum atomic E-state index is 11.9. The fourth-order valence-corrected chi connectivity index (χ4v) is 2.80. The van der Waals surface area contributed by atoms with Crippen molar-refractivity contribution >= 4 is 11.8 Å². The number of ether oxygens (including phenoxy) is 2. The molecule has 0 radical (unpaired) electrons. The van der Waals surface area contributed by atoms with Crippen molar-refractivity contribution in [2.75, 3.05) is 31.5 Å². The van der Waals surface area contributed by atoms with Crippen LogP contribution >= 0.6 is 0 Å². The second kappa shape index (κ2) is 9.39. The summed E-state index contributed by atoms with van der Waals surface area (Å²) < 4.78 is 11.4. The van der Waals surface area contributed by atoms with Crippen molar-refractivity contribution in [2.24, 2.45) is 5.92 Å². The van der Waals surface area contributed by atoms with E-state index in [1.807, 2.05) is 34.6 Å². The smallest absolute Gasteiger partial charge is 0.412 e. The van der Waals surface area contributed by atoms with Gasteiger partial charge >= 0.3 is 6.09 Å². The molecule has 1 amide bonds. The third-order valence-electron chi connectivity index (χ3n) is 4.24. The van der Waals surface area contributed by atoms with Crippen molar-refractivity contribution in [3.05, 3.63) is 24.3 Å². The van der Waals surface area contributed by atoms with E-state index in [0.717, 1.165) is 26.2 Å². The van der Waals surface area contributed by atoms with Gasteiger partial charge in [0.2, 0.25) is 0 Å². The number of aliphatic hydroxyl groups excluding tert-OH is 1. The number of nitrogens with one attached hydrogen (secondary N) is 2. The quantitative estimate of drug-likeness (QED) is 0.705. The van der Waals surface area contributed by atoms with E-state index in [9.17, 15) is 9.90 Å². The van der Waals surface area contributed by atoms with E-state index in [4.69, 9.17) is 9.47 Å². The Hall–Kier alpha value is -1.83. The zero-order valence-corrected chi connectivity index (χ0v) is 17.0. The first-order chi connectivity index (χ1) is 12.7. The van der Waals surface area contributed by atoms with Crippen LogP contribution in [0.2, 0.25) is 0 Å². The molecule has 2 atom stereocenters. The Morgan fingerprint density at radius 3 is 2.30 bits per heavy atom. The molecule has 0 bridgehead atoms. The van der Waals surface area contributed by atoms with E-state index in [2.05, 4.69) is 15.5 Å². The first kappa shape index (κ1) is 21.5. The summed E-state index contributed by atoms with van der Waals surface area (Å²) in [5.74, 6) is 0.728. The van der Waals surface area contributed by atoms with Crippen LogP contribution in [0.25, 0.3) is 0 Å². The number of amides is 1. The molecule has 0 spiro atoms. The SMILES string of the molecule is CC(C)C(O)C(Oc1ccc(NC(=O)OC(C)(C)C)cc1)N1CCNCC1. The Balaban J connectivity index is 2.02. The van der Waals surface area contributed by atoms with Gasteiger partial charge in [0.1, 0.15) is 17.5 Å². The van der Waals surface area contributed by atoms with Crippen molar-refractivity contribution in [1.29, 1.82) is 0 Å². The van der Waals surface area contributed by atoms with Crippen LogP contribution in [0.1, 0.15) is 34.6 Å². The summed E-state index contributed by atoms with van der Waals surface area (Å²) in [6.07, 6.45) is -1.50. The van der Waals surface area contributed by atoms with E-state index < -0.39 is 24.0 Å². The first-order valence-corrected chi connectivity index (χ1v) is 9.55. The summed E-state index contributed by atoms with van der Waals surface area (Å²) in [6, 6.07) is 7.09. The van der Waals surface area contributed by atoms with Gasteiger partial charge in [-0.15, -0.1) is 0 Å². The molecule has 1 fully saturated rings. The molecular formula is C20H33N3O4. The normalized spacial score (nSPS) is 18.0. The highest BCUT2D eigenvalue weighted by Gasteiger charge is 2.31. The maximum absolute atomic E-state index is 11.9. The number of carbonyl (C=O) groups excluding carboxylic acids is 1. The lowest BCUT2D eigenvalue weighted by Gasteiger charge is -2.38. The molecule has 7 nitrogen and oxygen atoms in total. The summed E-state index contributed by atoms with van der Waals surface area (Å²) in [5.41, 5.74) is 0.0798. The summed E-state index contributed by atoms with van der Waals surface area (Å²) in [6.45, 7) is 12.8. The number of rotatable bonds is 6. The third kappa shape index (κ3) is 7.01. The van der Waals surface area contributed by atoms with Crippen molar-refractivity contribution in [3.8, 4) is 5.75 Å². The Bertz CT molecular complexity index is 592. The monoisotopic (exact) mass is 379 g/mol. The highest BCUT2D eigenvalue weighted by molar-refractivity contribution is 5.84. The minimum Gasteiger partial charge on any atom is -0.472 e. The Morgan fingerprint density at radius 2 is 1.78 bits per heavy atom. The summed E-state index contributed by atoms with van der Waals surface area (Å²) >= 11 is 0. The molecule has 0 aromatic heterocycles. The molecule has 1 heterocycles. The first-order valence-electron chi connectivity index (χ1n) is 9.55. The van der Waals surface area contributed by atoms with Gasteiger partial charge in [-0.05, 0) is 51.0 Å². The lowest BCUT2D eigenvalue weighted by atomic mass is 10.0. The molecular weight excluding hydrogens is 346 g/mol. The Kier molecular flexibility index (Phi) is 7.47. The second-order valence-corrected chi connectivity index (χ2v) is 8.18. The topological polar surface area (TPSA) is 83.1 Å². The fraction of sp³-hybridized carbons (Fsp3) is 0.650. The molecule has 27 heavy (non-hydrogen) atoms. The molecule has 2 rings (SSSR count). The number of hydrogen-bond donors (Lipinski definition) is 3.